The lowest BCUT2D eigenvalue weighted by atomic mass is 10.1. The molecule has 0 aliphatic rings. The number of pyridine rings is 1. The highest BCUT2D eigenvalue weighted by Gasteiger charge is 2.21. The van der Waals surface area contributed by atoms with Crippen molar-refractivity contribution in [2.45, 2.75) is 19.6 Å². The number of hydrogen-bond donors (Lipinski definition) is 1. The Morgan fingerprint density at radius 3 is 2.46 bits per heavy atom. The van der Waals surface area contributed by atoms with Gasteiger partial charge in [-0.1, -0.05) is 35.3 Å². The van der Waals surface area contributed by atoms with Gasteiger partial charge in [0.25, 0.3) is 5.91 Å². The summed E-state index contributed by atoms with van der Waals surface area (Å²) in [5.74, 6) is 0.415. The molecule has 5 nitrogen and oxygen atoms in total. The van der Waals surface area contributed by atoms with Crippen molar-refractivity contribution in [1.29, 1.82) is 0 Å². The van der Waals surface area contributed by atoms with Gasteiger partial charge >= 0.3 is 0 Å². The Hall–Kier alpha value is -1.82. The maximum atomic E-state index is 12.8. The van der Waals surface area contributed by atoms with Gasteiger partial charge in [0.15, 0.2) is 0 Å². The molecule has 24 heavy (non-hydrogen) atoms. The lowest BCUT2D eigenvalue weighted by molar-refractivity contribution is 0.0630. The molecule has 1 amide bonds. The summed E-state index contributed by atoms with van der Waals surface area (Å²) in [7, 11) is 1.59. The van der Waals surface area contributed by atoms with Crippen LogP contribution in [-0.2, 0) is 6.54 Å². The van der Waals surface area contributed by atoms with Gasteiger partial charge in [-0.3, -0.25) is 4.79 Å². The Morgan fingerprint density at radius 2 is 1.92 bits per heavy atom. The zero-order chi connectivity index (χ0) is 17.7. The number of rotatable bonds is 6. The predicted molar refractivity (Wildman–Crippen MR) is 93.7 cm³/mol. The van der Waals surface area contributed by atoms with E-state index in [0.717, 1.165) is 11.3 Å². The molecule has 1 unspecified atom stereocenters. The molecule has 0 saturated carbocycles. The standard InChI is InChI=1S/C17H18Cl2N2O3/c1-11(22)9-21(10-12-3-5-13(24-2)6-4-12)17(23)14-7-8-15(18)20-16(14)19/h3-8,11,22H,9-10H2,1-2H3. The summed E-state index contributed by atoms with van der Waals surface area (Å²) in [6.07, 6.45) is -0.675. The van der Waals surface area contributed by atoms with E-state index in [9.17, 15) is 9.90 Å². The number of aliphatic hydroxyl groups is 1. The van der Waals surface area contributed by atoms with Crippen LogP contribution in [0.3, 0.4) is 0 Å². The van der Waals surface area contributed by atoms with Crippen molar-refractivity contribution < 1.29 is 14.6 Å². The number of aliphatic hydroxyl groups excluding tert-OH is 1. The molecule has 0 spiro atoms. The average Bonchev–Trinajstić information content (AvgIpc) is 2.54. The molecule has 128 valence electrons. The molecule has 0 radical (unpaired) electrons. The highest BCUT2D eigenvalue weighted by Crippen LogP contribution is 2.20. The van der Waals surface area contributed by atoms with Gasteiger partial charge < -0.3 is 14.7 Å². The molecule has 0 fully saturated rings. The average molecular weight is 369 g/mol. The van der Waals surface area contributed by atoms with Crippen molar-refractivity contribution in [2.75, 3.05) is 13.7 Å². The second-order valence-corrected chi connectivity index (χ2v) is 6.10. The zero-order valence-electron chi connectivity index (χ0n) is 13.4. The maximum Gasteiger partial charge on any atom is 0.257 e. The van der Waals surface area contributed by atoms with Gasteiger partial charge in [0.1, 0.15) is 16.1 Å². The summed E-state index contributed by atoms with van der Waals surface area (Å²) in [6, 6.07) is 10.4. The minimum atomic E-state index is -0.675. The number of halogens is 2. The van der Waals surface area contributed by atoms with Crippen molar-refractivity contribution in [3.05, 3.63) is 57.8 Å². The van der Waals surface area contributed by atoms with E-state index in [-0.39, 0.29) is 28.3 Å². The first-order valence-corrected chi connectivity index (χ1v) is 8.08. The summed E-state index contributed by atoms with van der Waals surface area (Å²) in [4.78, 5) is 18.2. The Labute approximate surface area is 150 Å². The fourth-order valence-corrected chi connectivity index (χ4v) is 2.66. The van der Waals surface area contributed by atoms with Crippen LogP contribution in [-0.4, -0.2) is 40.7 Å². The van der Waals surface area contributed by atoms with Gasteiger partial charge in [0.2, 0.25) is 0 Å². The molecular weight excluding hydrogens is 351 g/mol. The molecule has 1 aromatic heterocycles. The van der Waals surface area contributed by atoms with Crippen LogP contribution in [0.25, 0.3) is 0 Å². The van der Waals surface area contributed by atoms with Crippen LogP contribution in [0.4, 0.5) is 0 Å². The van der Waals surface area contributed by atoms with Crippen molar-refractivity contribution in [2.24, 2.45) is 0 Å². The molecule has 1 N–H and O–H groups in total. The van der Waals surface area contributed by atoms with E-state index in [1.807, 2.05) is 24.3 Å². The Balaban J connectivity index is 2.24. The van der Waals surface area contributed by atoms with Crippen LogP contribution in [0.2, 0.25) is 10.3 Å². The fourth-order valence-electron chi connectivity index (χ4n) is 2.23. The number of aromatic nitrogens is 1. The Morgan fingerprint density at radius 1 is 1.25 bits per heavy atom. The smallest absolute Gasteiger partial charge is 0.257 e. The van der Waals surface area contributed by atoms with Crippen molar-refractivity contribution in [3.63, 3.8) is 0 Å². The topological polar surface area (TPSA) is 62.7 Å². The van der Waals surface area contributed by atoms with E-state index >= 15 is 0 Å². The summed E-state index contributed by atoms with van der Waals surface area (Å²) < 4.78 is 5.12. The van der Waals surface area contributed by atoms with E-state index in [4.69, 9.17) is 27.9 Å². The number of amides is 1. The fraction of sp³-hybridized carbons (Fsp3) is 0.294. The van der Waals surface area contributed by atoms with Crippen LogP contribution in [0.1, 0.15) is 22.8 Å². The number of carbonyl (C=O) groups excluding carboxylic acids is 1. The van der Waals surface area contributed by atoms with Crippen LogP contribution in [0, 0.1) is 0 Å². The molecule has 1 atom stereocenters. The number of methoxy groups -OCH3 is 1. The molecule has 1 aromatic carbocycles. The number of carbonyl (C=O) groups is 1. The molecule has 2 rings (SSSR count). The minimum absolute atomic E-state index is 0.0397. The van der Waals surface area contributed by atoms with Gasteiger partial charge in [-0.05, 0) is 36.8 Å². The summed E-state index contributed by atoms with van der Waals surface area (Å²) in [6.45, 7) is 2.12. The number of hydrogen-bond acceptors (Lipinski definition) is 4. The first-order valence-electron chi connectivity index (χ1n) is 7.33. The summed E-state index contributed by atoms with van der Waals surface area (Å²) in [5, 5.41) is 9.96. The monoisotopic (exact) mass is 368 g/mol. The minimum Gasteiger partial charge on any atom is -0.497 e. The van der Waals surface area contributed by atoms with Gasteiger partial charge in [-0.15, -0.1) is 0 Å². The second kappa shape index (κ2) is 8.33. The van der Waals surface area contributed by atoms with E-state index in [2.05, 4.69) is 4.98 Å². The summed E-state index contributed by atoms with van der Waals surface area (Å²) in [5.41, 5.74) is 1.15. The predicted octanol–water partition coefficient (Wildman–Crippen LogP) is 3.42. The lowest BCUT2D eigenvalue weighted by Gasteiger charge is -2.24. The first kappa shape index (κ1) is 18.5. The van der Waals surface area contributed by atoms with Gasteiger partial charge in [-0.2, -0.15) is 0 Å². The Bertz CT molecular complexity index is 705. The largest absolute Gasteiger partial charge is 0.497 e. The van der Waals surface area contributed by atoms with Crippen molar-refractivity contribution in [3.8, 4) is 5.75 Å². The van der Waals surface area contributed by atoms with E-state index in [1.165, 1.54) is 17.0 Å². The second-order valence-electron chi connectivity index (χ2n) is 5.36. The molecule has 0 aliphatic carbocycles. The van der Waals surface area contributed by atoms with Crippen molar-refractivity contribution >= 4 is 29.1 Å². The van der Waals surface area contributed by atoms with Crippen LogP contribution in [0.15, 0.2) is 36.4 Å². The van der Waals surface area contributed by atoms with Crippen LogP contribution >= 0.6 is 23.2 Å². The summed E-state index contributed by atoms with van der Waals surface area (Å²) >= 11 is 11.8. The third kappa shape index (κ3) is 4.84. The molecule has 0 bridgehead atoms. The molecule has 2 aromatic rings. The molecular formula is C17H18Cl2N2O3. The van der Waals surface area contributed by atoms with Crippen LogP contribution in [0.5, 0.6) is 5.75 Å². The van der Waals surface area contributed by atoms with Gasteiger partial charge in [0, 0.05) is 13.1 Å². The maximum absolute atomic E-state index is 12.8. The number of benzene rings is 1. The molecule has 0 saturated heterocycles. The Kier molecular flexibility index (Phi) is 6.43. The van der Waals surface area contributed by atoms with E-state index < -0.39 is 6.10 Å². The molecule has 1 heterocycles. The number of ether oxygens (including phenoxy) is 1. The number of nitrogens with zero attached hydrogens (tertiary/aromatic N) is 2. The van der Waals surface area contributed by atoms with Crippen LogP contribution < -0.4 is 4.74 Å². The quantitative estimate of drug-likeness (QED) is 0.793. The molecule has 0 aliphatic heterocycles. The first-order chi connectivity index (χ1) is 11.4. The third-order valence-corrected chi connectivity index (χ3v) is 3.85. The highest BCUT2D eigenvalue weighted by atomic mass is 35.5. The third-order valence-electron chi connectivity index (χ3n) is 3.35. The van der Waals surface area contributed by atoms with Gasteiger partial charge in [0.05, 0.1) is 18.8 Å². The lowest BCUT2D eigenvalue weighted by Crippen LogP contribution is -2.36. The SMILES string of the molecule is COc1ccc(CN(CC(C)O)C(=O)c2ccc(Cl)nc2Cl)cc1. The van der Waals surface area contributed by atoms with E-state index in [1.54, 1.807) is 14.0 Å². The zero-order valence-corrected chi connectivity index (χ0v) is 14.9. The molecule has 7 heteroatoms. The van der Waals surface area contributed by atoms with Gasteiger partial charge in [-0.25, -0.2) is 4.98 Å². The normalized spacial score (nSPS) is 11.9. The highest BCUT2D eigenvalue weighted by molar-refractivity contribution is 6.34. The van der Waals surface area contributed by atoms with Crippen molar-refractivity contribution in [1.82, 2.24) is 9.88 Å². The van der Waals surface area contributed by atoms with E-state index in [0.29, 0.717) is 6.54 Å².